The monoisotopic (exact) mass is 364 g/mol. The molecule has 0 unspecified atom stereocenters. The van der Waals surface area contributed by atoms with E-state index in [1.54, 1.807) is 0 Å². The number of amides is 1. The standard InChI is InChI=1S/C20H32N2O4/c1-4-6-10-25-19-15-18(22-8-12-24-13-9-22)20(26-11-7-5-2)14-17(19)21-16(3)23/h14-15H,4-13H2,1-3H3,(H,21,23). The molecule has 0 saturated carbocycles. The zero-order valence-electron chi connectivity index (χ0n) is 16.3. The van der Waals surface area contributed by atoms with Crippen molar-refractivity contribution in [3.63, 3.8) is 0 Å². The minimum absolute atomic E-state index is 0.121. The van der Waals surface area contributed by atoms with Crippen LogP contribution in [0.3, 0.4) is 0 Å². The summed E-state index contributed by atoms with van der Waals surface area (Å²) >= 11 is 0. The van der Waals surface area contributed by atoms with Gasteiger partial charge in [0.2, 0.25) is 5.91 Å². The van der Waals surface area contributed by atoms with Gasteiger partial charge in [0.25, 0.3) is 0 Å². The van der Waals surface area contributed by atoms with E-state index in [-0.39, 0.29) is 5.91 Å². The van der Waals surface area contributed by atoms with E-state index in [9.17, 15) is 4.79 Å². The van der Waals surface area contributed by atoms with Crippen LogP contribution >= 0.6 is 0 Å². The number of carbonyl (C=O) groups is 1. The number of hydrogen-bond donors (Lipinski definition) is 1. The number of benzene rings is 1. The fourth-order valence-electron chi connectivity index (χ4n) is 2.78. The molecule has 1 aromatic rings. The largest absolute Gasteiger partial charge is 0.491 e. The van der Waals surface area contributed by atoms with E-state index < -0.39 is 0 Å². The average molecular weight is 364 g/mol. The van der Waals surface area contributed by atoms with E-state index in [0.717, 1.165) is 50.2 Å². The minimum atomic E-state index is -0.121. The second kappa shape index (κ2) is 10.9. The van der Waals surface area contributed by atoms with E-state index in [2.05, 4.69) is 24.1 Å². The molecule has 1 amide bonds. The molecular formula is C20H32N2O4. The zero-order chi connectivity index (χ0) is 18.8. The first-order valence-corrected chi connectivity index (χ1v) is 9.69. The fourth-order valence-corrected chi connectivity index (χ4v) is 2.78. The van der Waals surface area contributed by atoms with E-state index >= 15 is 0 Å². The number of nitrogens with zero attached hydrogens (tertiary/aromatic N) is 1. The Kier molecular flexibility index (Phi) is 8.54. The lowest BCUT2D eigenvalue weighted by molar-refractivity contribution is -0.114. The predicted molar refractivity (Wildman–Crippen MR) is 105 cm³/mol. The molecule has 0 atom stereocenters. The number of hydrogen-bond acceptors (Lipinski definition) is 5. The van der Waals surface area contributed by atoms with Gasteiger partial charge in [-0.15, -0.1) is 0 Å². The van der Waals surface area contributed by atoms with Crippen LogP contribution in [0.1, 0.15) is 46.5 Å². The van der Waals surface area contributed by atoms with Crippen molar-refractivity contribution in [2.45, 2.75) is 46.5 Å². The van der Waals surface area contributed by atoms with Crippen molar-refractivity contribution in [3.05, 3.63) is 12.1 Å². The highest BCUT2D eigenvalue weighted by molar-refractivity contribution is 5.91. The summed E-state index contributed by atoms with van der Waals surface area (Å²) in [7, 11) is 0. The molecule has 0 spiro atoms. The van der Waals surface area contributed by atoms with Crippen LogP contribution in [0.15, 0.2) is 12.1 Å². The van der Waals surface area contributed by atoms with Crippen LogP contribution in [-0.4, -0.2) is 45.4 Å². The predicted octanol–water partition coefficient (Wildman–Crippen LogP) is 3.84. The highest BCUT2D eigenvalue weighted by Gasteiger charge is 2.20. The van der Waals surface area contributed by atoms with E-state index in [1.807, 2.05) is 12.1 Å². The summed E-state index contributed by atoms with van der Waals surface area (Å²) in [5.74, 6) is 1.36. The van der Waals surface area contributed by atoms with Gasteiger partial charge in [-0.1, -0.05) is 26.7 Å². The Morgan fingerprint density at radius 2 is 1.69 bits per heavy atom. The van der Waals surface area contributed by atoms with Crippen LogP contribution in [-0.2, 0) is 9.53 Å². The lowest BCUT2D eigenvalue weighted by Crippen LogP contribution is -2.36. The van der Waals surface area contributed by atoms with Crippen LogP contribution < -0.4 is 19.7 Å². The molecule has 146 valence electrons. The van der Waals surface area contributed by atoms with Gasteiger partial charge in [-0.3, -0.25) is 4.79 Å². The first kappa shape index (κ1) is 20.4. The van der Waals surface area contributed by atoms with Crippen LogP contribution in [0.5, 0.6) is 11.5 Å². The summed E-state index contributed by atoms with van der Waals surface area (Å²) in [4.78, 5) is 13.9. The molecule has 1 heterocycles. The molecular weight excluding hydrogens is 332 g/mol. The van der Waals surface area contributed by atoms with Gasteiger partial charge in [0.15, 0.2) is 0 Å². The molecule has 1 aliphatic heterocycles. The third-order valence-corrected chi connectivity index (χ3v) is 4.23. The second-order valence-electron chi connectivity index (χ2n) is 6.50. The van der Waals surface area contributed by atoms with Crippen molar-refractivity contribution >= 4 is 17.3 Å². The number of nitrogens with one attached hydrogen (secondary N) is 1. The van der Waals surface area contributed by atoms with Gasteiger partial charge in [-0.2, -0.15) is 0 Å². The lowest BCUT2D eigenvalue weighted by Gasteiger charge is -2.31. The number of carbonyl (C=O) groups excluding carboxylic acids is 1. The van der Waals surface area contributed by atoms with Crippen molar-refractivity contribution in [3.8, 4) is 11.5 Å². The van der Waals surface area contributed by atoms with Gasteiger partial charge < -0.3 is 24.4 Å². The molecule has 1 aromatic carbocycles. The van der Waals surface area contributed by atoms with Gasteiger partial charge in [0.05, 0.1) is 37.8 Å². The highest BCUT2D eigenvalue weighted by atomic mass is 16.5. The molecule has 1 saturated heterocycles. The fraction of sp³-hybridized carbons (Fsp3) is 0.650. The quantitative estimate of drug-likeness (QED) is 0.639. The van der Waals surface area contributed by atoms with Crippen LogP contribution in [0.2, 0.25) is 0 Å². The number of ether oxygens (including phenoxy) is 3. The van der Waals surface area contributed by atoms with E-state index in [0.29, 0.717) is 37.9 Å². The minimum Gasteiger partial charge on any atom is -0.491 e. The SMILES string of the molecule is CCCCOc1cc(N2CCOCC2)c(OCCCC)cc1NC(C)=O. The Morgan fingerprint density at radius 3 is 2.27 bits per heavy atom. The molecule has 0 radical (unpaired) electrons. The molecule has 0 bridgehead atoms. The molecule has 1 fully saturated rings. The summed E-state index contributed by atoms with van der Waals surface area (Å²) < 4.78 is 17.5. The van der Waals surface area contributed by atoms with Crippen molar-refractivity contribution in [1.82, 2.24) is 0 Å². The maximum atomic E-state index is 11.6. The molecule has 26 heavy (non-hydrogen) atoms. The highest BCUT2D eigenvalue weighted by Crippen LogP contribution is 2.39. The topological polar surface area (TPSA) is 60.0 Å². The second-order valence-corrected chi connectivity index (χ2v) is 6.50. The third kappa shape index (κ3) is 6.09. The summed E-state index contributed by atoms with van der Waals surface area (Å²) in [6, 6.07) is 3.89. The third-order valence-electron chi connectivity index (χ3n) is 4.23. The van der Waals surface area contributed by atoms with Gasteiger partial charge in [0, 0.05) is 32.1 Å². The van der Waals surface area contributed by atoms with Crippen LogP contribution in [0.4, 0.5) is 11.4 Å². The van der Waals surface area contributed by atoms with Crippen molar-refractivity contribution in [1.29, 1.82) is 0 Å². The molecule has 0 aromatic heterocycles. The summed E-state index contributed by atoms with van der Waals surface area (Å²) in [6.07, 6.45) is 4.10. The molecule has 6 heteroatoms. The summed E-state index contributed by atoms with van der Waals surface area (Å²) in [5, 5.41) is 2.87. The number of rotatable bonds is 10. The molecule has 1 N–H and O–H groups in total. The molecule has 2 rings (SSSR count). The summed E-state index contributed by atoms with van der Waals surface area (Å²) in [5.41, 5.74) is 1.67. The van der Waals surface area contributed by atoms with E-state index in [1.165, 1.54) is 6.92 Å². The first-order valence-electron chi connectivity index (χ1n) is 9.69. The lowest BCUT2D eigenvalue weighted by atomic mass is 10.2. The molecule has 1 aliphatic rings. The first-order chi connectivity index (χ1) is 12.7. The van der Waals surface area contributed by atoms with Gasteiger partial charge in [0.1, 0.15) is 11.5 Å². The average Bonchev–Trinajstić information content (AvgIpc) is 2.64. The van der Waals surface area contributed by atoms with E-state index in [4.69, 9.17) is 14.2 Å². The van der Waals surface area contributed by atoms with Crippen LogP contribution in [0, 0.1) is 0 Å². The smallest absolute Gasteiger partial charge is 0.221 e. The zero-order valence-corrected chi connectivity index (χ0v) is 16.3. The van der Waals surface area contributed by atoms with Crippen molar-refractivity contribution in [2.24, 2.45) is 0 Å². The van der Waals surface area contributed by atoms with Gasteiger partial charge in [-0.05, 0) is 12.8 Å². The number of unbranched alkanes of at least 4 members (excludes halogenated alkanes) is 2. The maximum Gasteiger partial charge on any atom is 0.221 e. The normalized spacial score (nSPS) is 14.2. The number of anilines is 2. The maximum absolute atomic E-state index is 11.6. The Morgan fingerprint density at radius 1 is 1.08 bits per heavy atom. The van der Waals surface area contributed by atoms with Crippen molar-refractivity contribution < 1.29 is 19.0 Å². The Bertz CT molecular complexity index is 571. The van der Waals surface area contributed by atoms with Gasteiger partial charge >= 0.3 is 0 Å². The van der Waals surface area contributed by atoms with Crippen molar-refractivity contribution in [2.75, 3.05) is 49.7 Å². The summed E-state index contributed by atoms with van der Waals surface area (Å²) in [6.45, 7) is 10.1. The Balaban J connectivity index is 2.32. The molecule has 0 aliphatic carbocycles. The number of morpholine rings is 1. The molecule has 6 nitrogen and oxygen atoms in total. The van der Waals surface area contributed by atoms with Crippen LogP contribution in [0.25, 0.3) is 0 Å². The Labute approximate surface area is 156 Å². The van der Waals surface area contributed by atoms with Gasteiger partial charge in [-0.25, -0.2) is 0 Å². The Hall–Kier alpha value is -1.95.